The minimum absolute atomic E-state index is 0.257. The molecule has 0 saturated heterocycles. The number of carbonyl (C=O) groups is 1. The van der Waals surface area contributed by atoms with Crippen molar-refractivity contribution < 1.29 is 13.9 Å². The molecule has 0 saturated carbocycles. The van der Waals surface area contributed by atoms with Gasteiger partial charge in [0.15, 0.2) is 0 Å². The number of ether oxygens (including phenoxy) is 1. The lowest BCUT2D eigenvalue weighted by Gasteiger charge is -2.26. The van der Waals surface area contributed by atoms with Crippen molar-refractivity contribution in [2.24, 2.45) is 0 Å². The molecule has 3 heterocycles. The van der Waals surface area contributed by atoms with E-state index < -0.39 is 0 Å². The highest BCUT2D eigenvalue weighted by atomic mass is 32.1. The van der Waals surface area contributed by atoms with E-state index in [9.17, 15) is 9.18 Å². The van der Waals surface area contributed by atoms with E-state index in [1.165, 1.54) is 22.6 Å². The smallest absolute Gasteiger partial charge is 0.138 e. The highest BCUT2D eigenvalue weighted by Crippen LogP contribution is 2.45. The van der Waals surface area contributed by atoms with Crippen molar-refractivity contribution in [3.8, 4) is 10.6 Å². The van der Waals surface area contributed by atoms with Gasteiger partial charge in [-0.15, -0.1) is 22.7 Å². The quantitative estimate of drug-likeness (QED) is 0.393. The SMILES string of the molecule is COCCCCCC(=O)Cc1sc2c(c1-c1nc3cc(F)ccc3s1)C[C@@H](C)N[C@H]2C. The molecule has 0 radical (unpaired) electrons. The molecule has 0 unspecified atom stereocenters. The van der Waals surface area contributed by atoms with Gasteiger partial charge in [0, 0.05) is 60.0 Å². The Labute approximate surface area is 190 Å². The van der Waals surface area contributed by atoms with Crippen molar-refractivity contribution in [3.05, 3.63) is 39.3 Å². The molecule has 4 rings (SSSR count). The molecule has 0 bridgehead atoms. The van der Waals surface area contributed by atoms with Gasteiger partial charge in [0.05, 0.1) is 10.2 Å². The molecule has 1 aliphatic heterocycles. The van der Waals surface area contributed by atoms with E-state index in [0.717, 1.165) is 52.4 Å². The molecule has 7 heteroatoms. The van der Waals surface area contributed by atoms with Crippen LogP contribution in [0.5, 0.6) is 0 Å². The van der Waals surface area contributed by atoms with Gasteiger partial charge in [-0.3, -0.25) is 4.79 Å². The number of hydrogen-bond acceptors (Lipinski definition) is 6. The van der Waals surface area contributed by atoms with E-state index in [1.807, 2.05) is 0 Å². The van der Waals surface area contributed by atoms with Crippen LogP contribution in [0.2, 0.25) is 0 Å². The van der Waals surface area contributed by atoms with Gasteiger partial charge in [-0.2, -0.15) is 0 Å². The van der Waals surface area contributed by atoms with Crippen LogP contribution >= 0.6 is 22.7 Å². The van der Waals surface area contributed by atoms with Gasteiger partial charge in [-0.1, -0.05) is 6.42 Å². The van der Waals surface area contributed by atoms with Crippen molar-refractivity contribution in [2.75, 3.05) is 13.7 Å². The first-order valence-electron chi connectivity index (χ1n) is 10.9. The number of carbonyl (C=O) groups excluding carboxylic acids is 1. The molecule has 4 nitrogen and oxygen atoms in total. The molecule has 31 heavy (non-hydrogen) atoms. The number of thiophene rings is 1. The molecule has 0 fully saturated rings. The number of halogens is 1. The predicted octanol–water partition coefficient (Wildman–Crippen LogP) is 6.08. The number of nitrogens with one attached hydrogen (secondary N) is 1. The molecule has 2 aromatic heterocycles. The van der Waals surface area contributed by atoms with Crippen molar-refractivity contribution in [1.82, 2.24) is 10.3 Å². The number of methoxy groups -OCH3 is 1. The third kappa shape index (κ3) is 5.06. The zero-order valence-electron chi connectivity index (χ0n) is 18.3. The Morgan fingerprint density at radius 3 is 2.90 bits per heavy atom. The third-order valence-electron chi connectivity index (χ3n) is 5.77. The highest BCUT2D eigenvalue weighted by Gasteiger charge is 2.30. The molecule has 1 aliphatic rings. The molecule has 0 amide bonds. The number of fused-ring (bicyclic) bond motifs is 2. The average molecular weight is 461 g/mol. The monoisotopic (exact) mass is 460 g/mol. The van der Waals surface area contributed by atoms with Crippen LogP contribution in [0.1, 0.15) is 60.9 Å². The van der Waals surface area contributed by atoms with Crippen LogP contribution in [0.15, 0.2) is 18.2 Å². The molecule has 166 valence electrons. The van der Waals surface area contributed by atoms with E-state index in [1.54, 1.807) is 35.8 Å². The third-order valence-corrected chi connectivity index (χ3v) is 8.24. The van der Waals surface area contributed by atoms with Crippen LogP contribution < -0.4 is 5.32 Å². The zero-order chi connectivity index (χ0) is 22.0. The minimum atomic E-state index is -0.271. The maximum atomic E-state index is 13.7. The van der Waals surface area contributed by atoms with Gasteiger partial charge in [-0.05, 0) is 50.8 Å². The lowest BCUT2D eigenvalue weighted by Crippen LogP contribution is -2.35. The summed E-state index contributed by atoms with van der Waals surface area (Å²) in [5, 5.41) is 4.52. The van der Waals surface area contributed by atoms with E-state index >= 15 is 0 Å². The fourth-order valence-corrected chi connectivity index (χ4v) is 6.83. The van der Waals surface area contributed by atoms with E-state index in [-0.39, 0.29) is 17.6 Å². The molecule has 0 aliphatic carbocycles. The second kappa shape index (κ2) is 9.86. The summed E-state index contributed by atoms with van der Waals surface area (Å²) in [7, 11) is 1.71. The van der Waals surface area contributed by atoms with E-state index in [4.69, 9.17) is 9.72 Å². The van der Waals surface area contributed by atoms with Gasteiger partial charge in [0.25, 0.3) is 0 Å². The first-order chi connectivity index (χ1) is 15.0. The van der Waals surface area contributed by atoms with Crippen LogP contribution in [0.25, 0.3) is 20.8 Å². The van der Waals surface area contributed by atoms with Crippen molar-refractivity contribution in [3.63, 3.8) is 0 Å². The Bertz CT molecular complexity index is 1080. The Morgan fingerprint density at radius 1 is 1.26 bits per heavy atom. The van der Waals surface area contributed by atoms with Gasteiger partial charge in [0.1, 0.15) is 16.6 Å². The number of thiazole rings is 1. The Morgan fingerprint density at radius 2 is 2.10 bits per heavy atom. The van der Waals surface area contributed by atoms with E-state index in [2.05, 4.69) is 19.2 Å². The number of ketones is 1. The van der Waals surface area contributed by atoms with Gasteiger partial charge < -0.3 is 10.1 Å². The highest BCUT2D eigenvalue weighted by molar-refractivity contribution is 7.22. The summed E-state index contributed by atoms with van der Waals surface area (Å²) >= 11 is 3.34. The molecule has 1 aromatic carbocycles. The van der Waals surface area contributed by atoms with Gasteiger partial charge in [0.2, 0.25) is 0 Å². The average Bonchev–Trinajstić information content (AvgIpc) is 3.28. The number of rotatable bonds is 9. The summed E-state index contributed by atoms with van der Waals surface area (Å²) in [6.07, 6.45) is 4.86. The summed E-state index contributed by atoms with van der Waals surface area (Å²) in [6.45, 7) is 5.13. The second-order valence-corrected chi connectivity index (χ2v) is 10.6. The number of hydrogen-bond donors (Lipinski definition) is 1. The summed E-state index contributed by atoms with van der Waals surface area (Å²) in [4.78, 5) is 20.0. The first kappa shape index (κ1) is 22.5. The van der Waals surface area contributed by atoms with E-state index in [0.29, 0.717) is 24.4 Å². The van der Waals surface area contributed by atoms with Crippen LogP contribution in [0, 0.1) is 5.82 Å². The molecular weight excluding hydrogens is 431 g/mol. The first-order valence-corrected chi connectivity index (χ1v) is 12.6. The van der Waals surface area contributed by atoms with Crippen LogP contribution in [-0.4, -0.2) is 30.5 Å². The summed E-state index contributed by atoms with van der Waals surface area (Å²) < 4.78 is 19.8. The topological polar surface area (TPSA) is 51.2 Å². The number of aromatic nitrogens is 1. The fraction of sp³-hybridized carbons (Fsp3) is 0.500. The second-order valence-electron chi connectivity index (χ2n) is 8.39. The number of unbranched alkanes of at least 4 members (excludes halogenated alkanes) is 2. The maximum absolute atomic E-state index is 13.7. The van der Waals surface area contributed by atoms with Crippen LogP contribution in [-0.2, 0) is 22.4 Å². The number of Topliss-reactive ketones (excluding diaryl/α,β-unsaturated/α-hetero) is 1. The van der Waals surface area contributed by atoms with Crippen LogP contribution in [0.3, 0.4) is 0 Å². The molecule has 3 aromatic rings. The molecule has 0 spiro atoms. The zero-order valence-corrected chi connectivity index (χ0v) is 19.9. The predicted molar refractivity (Wildman–Crippen MR) is 127 cm³/mol. The van der Waals surface area contributed by atoms with Crippen molar-refractivity contribution in [1.29, 1.82) is 0 Å². The summed E-state index contributed by atoms with van der Waals surface area (Å²) in [5.74, 6) is 0.00472. The molecular formula is C24H29FN2O2S2. The minimum Gasteiger partial charge on any atom is -0.385 e. The lowest BCUT2D eigenvalue weighted by atomic mass is 9.94. The van der Waals surface area contributed by atoms with Gasteiger partial charge in [-0.25, -0.2) is 9.37 Å². The summed E-state index contributed by atoms with van der Waals surface area (Å²) in [6, 6.07) is 5.39. The standard InChI is InChI=1S/C24H29FN2O2S2/c1-14-11-18-22(24-27-19-12-16(25)8-9-20(19)31-24)21(30-23(18)15(2)26-14)13-17(28)7-5-4-6-10-29-3/h8-9,12,14-15,26H,4-7,10-11,13H2,1-3H3/t14-,15+/m1/s1. The fourth-order valence-electron chi connectivity index (χ4n) is 4.35. The Balaban J connectivity index is 1.65. The number of nitrogens with zero attached hydrogens (tertiary/aromatic N) is 1. The van der Waals surface area contributed by atoms with Crippen molar-refractivity contribution in [2.45, 2.75) is 64.5 Å². The molecule has 2 atom stereocenters. The van der Waals surface area contributed by atoms with Crippen LogP contribution in [0.4, 0.5) is 4.39 Å². The lowest BCUT2D eigenvalue weighted by molar-refractivity contribution is -0.118. The summed E-state index contributed by atoms with van der Waals surface area (Å²) in [5.41, 5.74) is 3.12. The van der Waals surface area contributed by atoms with Crippen molar-refractivity contribution >= 4 is 38.7 Å². The number of benzene rings is 1. The Hall–Kier alpha value is -1.67. The Kier molecular flexibility index (Phi) is 7.16. The normalized spacial score (nSPS) is 18.5. The van der Waals surface area contributed by atoms with Gasteiger partial charge >= 0.3 is 0 Å². The maximum Gasteiger partial charge on any atom is 0.138 e. The largest absolute Gasteiger partial charge is 0.385 e. The molecule has 1 N–H and O–H groups in total.